The SMILES string of the molecule is Clc1ccccc1CN1CCN(c2ccccn2)CC1. The first-order valence-electron chi connectivity index (χ1n) is 6.95. The number of piperazine rings is 1. The number of hydrogen-bond acceptors (Lipinski definition) is 3. The lowest BCUT2D eigenvalue weighted by molar-refractivity contribution is 0.249. The number of hydrogen-bond donors (Lipinski definition) is 0. The van der Waals surface area contributed by atoms with Gasteiger partial charge in [-0.2, -0.15) is 0 Å². The summed E-state index contributed by atoms with van der Waals surface area (Å²) in [6.45, 7) is 5.04. The van der Waals surface area contributed by atoms with E-state index < -0.39 is 0 Å². The Morgan fingerprint density at radius 1 is 0.950 bits per heavy atom. The molecule has 0 aliphatic carbocycles. The fourth-order valence-electron chi connectivity index (χ4n) is 2.54. The van der Waals surface area contributed by atoms with E-state index in [-0.39, 0.29) is 0 Å². The summed E-state index contributed by atoms with van der Waals surface area (Å²) in [7, 11) is 0. The number of rotatable bonds is 3. The molecular weight excluding hydrogens is 270 g/mol. The van der Waals surface area contributed by atoms with Gasteiger partial charge in [0.25, 0.3) is 0 Å². The maximum Gasteiger partial charge on any atom is 0.128 e. The zero-order chi connectivity index (χ0) is 13.8. The fraction of sp³-hybridized carbons (Fsp3) is 0.312. The average Bonchev–Trinajstić information content (AvgIpc) is 2.51. The van der Waals surface area contributed by atoms with Gasteiger partial charge in [-0.05, 0) is 23.8 Å². The van der Waals surface area contributed by atoms with Crippen LogP contribution in [0.25, 0.3) is 0 Å². The van der Waals surface area contributed by atoms with E-state index in [1.54, 1.807) is 0 Å². The molecule has 0 saturated carbocycles. The van der Waals surface area contributed by atoms with Gasteiger partial charge in [-0.3, -0.25) is 4.90 Å². The van der Waals surface area contributed by atoms with E-state index in [9.17, 15) is 0 Å². The van der Waals surface area contributed by atoms with Gasteiger partial charge in [0.1, 0.15) is 5.82 Å². The third-order valence-electron chi connectivity index (χ3n) is 3.70. The molecule has 2 heterocycles. The smallest absolute Gasteiger partial charge is 0.128 e. The molecule has 1 aromatic carbocycles. The van der Waals surface area contributed by atoms with Crippen molar-refractivity contribution in [2.75, 3.05) is 31.1 Å². The Hall–Kier alpha value is -1.58. The van der Waals surface area contributed by atoms with Crippen molar-refractivity contribution in [1.82, 2.24) is 9.88 Å². The van der Waals surface area contributed by atoms with Crippen LogP contribution in [0.1, 0.15) is 5.56 Å². The van der Waals surface area contributed by atoms with Crippen molar-refractivity contribution in [3.8, 4) is 0 Å². The largest absolute Gasteiger partial charge is 0.354 e. The average molecular weight is 288 g/mol. The predicted molar refractivity (Wildman–Crippen MR) is 83.2 cm³/mol. The Bertz CT molecular complexity index is 551. The first-order chi connectivity index (χ1) is 9.83. The quantitative estimate of drug-likeness (QED) is 0.865. The maximum absolute atomic E-state index is 6.22. The van der Waals surface area contributed by atoms with Gasteiger partial charge in [0.2, 0.25) is 0 Å². The van der Waals surface area contributed by atoms with Gasteiger partial charge >= 0.3 is 0 Å². The zero-order valence-electron chi connectivity index (χ0n) is 11.4. The van der Waals surface area contributed by atoms with Crippen LogP contribution in [0, 0.1) is 0 Å². The monoisotopic (exact) mass is 287 g/mol. The second kappa shape index (κ2) is 6.25. The molecule has 4 heteroatoms. The van der Waals surface area contributed by atoms with E-state index in [1.165, 1.54) is 5.56 Å². The lowest BCUT2D eigenvalue weighted by Gasteiger charge is -2.35. The van der Waals surface area contributed by atoms with Crippen LogP contribution >= 0.6 is 11.6 Å². The minimum Gasteiger partial charge on any atom is -0.354 e. The molecule has 1 aliphatic rings. The molecule has 1 aliphatic heterocycles. The van der Waals surface area contributed by atoms with Crippen LogP contribution in [0.5, 0.6) is 0 Å². The third kappa shape index (κ3) is 3.11. The Kier molecular flexibility index (Phi) is 4.19. The van der Waals surface area contributed by atoms with Gasteiger partial charge < -0.3 is 4.90 Å². The van der Waals surface area contributed by atoms with Gasteiger partial charge in [0.15, 0.2) is 0 Å². The third-order valence-corrected chi connectivity index (χ3v) is 4.07. The summed E-state index contributed by atoms with van der Waals surface area (Å²) in [4.78, 5) is 9.19. The maximum atomic E-state index is 6.22. The molecule has 20 heavy (non-hydrogen) atoms. The number of anilines is 1. The normalized spacial score (nSPS) is 16.4. The summed E-state index contributed by atoms with van der Waals surface area (Å²) in [6.07, 6.45) is 1.85. The Labute approximate surface area is 124 Å². The van der Waals surface area contributed by atoms with Gasteiger partial charge in [-0.15, -0.1) is 0 Å². The highest BCUT2D eigenvalue weighted by Gasteiger charge is 2.18. The molecule has 0 radical (unpaired) electrons. The summed E-state index contributed by atoms with van der Waals surface area (Å²) >= 11 is 6.22. The number of pyridine rings is 1. The molecule has 0 atom stereocenters. The molecule has 0 spiro atoms. The standard InChI is InChI=1S/C16H18ClN3/c17-15-6-2-1-5-14(15)13-19-9-11-20(12-10-19)16-7-3-4-8-18-16/h1-8H,9-13H2. The van der Waals surface area contributed by atoms with E-state index in [0.29, 0.717) is 0 Å². The highest BCUT2D eigenvalue weighted by atomic mass is 35.5. The minimum atomic E-state index is 0.861. The molecule has 3 rings (SSSR count). The molecule has 0 N–H and O–H groups in total. The number of nitrogens with zero attached hydrogens (tertiary/aromatic N) is 3. The summed E-state index contributed by atoms with van der Waals surface area (Å²) in [5.74, 6) is 1.07. The molecule has 2 aromatic rings. The molecule has 1 saturated heterocycles. The van der Waals surface area contributed by atoms with Crippen molar-refractivity contribution in [2.45, 2.75) is 6.54 Å². The summed E-state index contributed by atoms with van der Waals surface area (Å²) in [5, 5.41) is 0.861. The lowest BCUT2D eigenvalue weighted by Crippen LogP contribution is -2.46. The van der Waals surface area contributed by atoms with E-state index in [4.69, 9.17) is 11.6 Å². The fourth-order valence-corrected chi connectivity index (χ4v) is 2.74. The van der Waals surface area contributed by atoms with Crippen LogP contribution in [0.2, 0.25) is 5.02 Å². The first-order valence-corrected chi connectivity index (χ1v) is 7.32. The highest BCUT2D eigenvalue weighted by Crippen LogP contribution is 2.19. The van der Waals surface area contributed by atoms with Gasteiger partial charge in [-0.1, -0.05) is 35.9 Å². The summed E-state index contributed by atoms with van der Waals surface area (Å²) in [6, 6.07) is 14.2. The van der Waals surface area contributed by atoms with Gasteiger partial charge in [0, 0.05) is 43.9 Å². The molecule has 0 unspecified atom stereocenters. The molecule has 104 valence electrons. The number of benzene rings is 1. The van der Waals surface area contributed by atoms with E-state index >= 15 is 0 Å². The molecule has 0 amide bonds. The van der Waals surface area contributed by atoms with Crippen LogP contribution in [0.3, 0.4) is 0 Å². The molecule has 1 aromatic heterocycles. The second-order valence-corrected chi connectivity index (χ2v) is 5.45. The van der Waals surface area contributed by atoms with Crippen molar-refractivity contribution < 1.29 is 0 Å². The Morgan fingerprint density at radius 3 is 2.40 bits per heavy atom. The molecule has 0 bridgehead atoms. The summed E-state index contributed by atoms with van der Waals surface area (Å²) < 4.78 is 0. The van der Waals surface area contributed by atoms with Crippen molar-refractivity contribution in [1.29, 1.82) is 0 Å². The first kappa shape index (κ1) is 13.4. The Morgan fingerprint density at radius 2 is 1.70 bits per heavy atom. The highest BCUT2D eigenvalue weighted by molar-refractivity contribution is 6.31. The Balaban J connectivity index is 1.58. The number of aromatic nitrogens is 1. The van der Waals surface area contributed by atoms with Crippen molar-refractivity contribution in [3.63, 3.8) is 0 Å². The van der Waals surface area contributed by atoms with Gasteiger partial charge in [-0.25, -0.2) is 4.98 Å². The summed E-state index contributed by atoms with van der Waals surface area (Å²) in [5.41, 5.74) is 1.21. The molecule has 1 fully saturated rings. The van der Waals surface area contributed by atoms with Crippen molar-refractivity contribution >= 4 is 17.4 Å². The minimum absolute atomic E-state index is 0.861. The van der Waals surface area contributed by atoms with Crippen molar-refractivity contribution in [3.05, 3.63) is 59.2 Å². The topological polar surface area (TPSA) is 19.4 Å². The van der Waals surface area contributed by atoms with Crippen LogP contribution < -0.4 is 4.90 Å². The second-order valence-electron chi connectivity index (χ2n) is 5.04. The molecule has 3 nitrogen and oxygen atoms in total. The van der Waals surface area contributed by atoms with Gasteiger partial charge in [0.05, 0.1) is 0 Å². The van der Waals surface area contributed by atoms with E-state index in [2.05, 4.69) is 26.9 Å². The van der Waals surface area contributed by atoms with Crippen molar-refractivity contribution in [2.24, 2.45) is 0 Å². The van der Waals surface area contributed by atoms with Crippen LogP contribution in [-0.4, -0.2) is 36.1 Å². The van der Waals surface area contributed by atoms with Crippen LogP contribution in [0.15, 0.2) is 48.7 Å². The van der Waals surface area contributed by atoms with E-state index in [0.717, 1.165) is 43.6 Å². The zero-order valence-corrected chi connectivity index (χ0v) is 12.1. The predicted octanol–water partition coefficient (Wildman–Crippen LogP) is 3.06. The van der Waals surface area contributed by atoms with Crippen LogP contribution in [-0.2, 0) is 6.54 Å². The van der Waals surface area contributed by atoms with E-state index in [1.807, 2.05) is 36.5 Å². The van der Waals surface area contributed by atoms with Crippen LogP contribution in [0.4, 0.5) is 5.82 Å². The molecular formula is C16H18ClN3. The lowest BCUT2D eigenvalue weighted by atomic mass is 10.2. The number of halogens is 1.